The number of aryl methyl sites for hydroxylation is 2. The van der Waals surface area contributed by atoms with Gasteiger partial charge in [0.1, 0.15) is 11.8 Å². The van der Waals surface area contributed by atoms with Crippen LogP contribution in [0.2, 0.25) is 0 Å². The minimum Gasteiger partial charge on any atom is -0.494 e. The van der Waals surface area contributed by atoms with E-state index in [4.69, 9.17) is 4.74 Å². The highest BCUT2D eigenvalue weighted by Crippen LogP contribution is 2.22. The molecule has 1 unspecified atom stereocenters. The van der Waals surface area contributed by atoms with Gasteiger partial charge >= 0.3 is 5.97 Å². The highest BCUT2D eigenvalue weighted by molar-refractivity contribution is 5.84. The first kappa shape index (κ1) is 29.9. The molecule has 1 aliphatic heterocycles. The second-order valence-electron chi connectivity index (χ2n) is 9.25. The zero-order valence-electron chi connectivity index (χ0n) is 22.7. The summed E-state index contributed by atoms with van der Waals surface area (Å²) in [5, 5.41) is 12.2. The van der Waals surface area contributed by atoms with Crippen molar-refractivity contribution in [1.29, 1.82) is 0 Å². The van der Waals surface area contributed by atoms with Crippen LogP contribution < -0.4 is 10.1 Å². The molecule has 0 aliphatic carbocycles. The fourth-order valence-corrected chi connectivity index (χ4v) is 4.39. The van der Waals surface area contributed by atoms with E-state index in [1.807, 2.05) is 81.1 Å². The molecule has 1 aliphatic rings. The molecular weight excluding hydrogens is 468 g/mol. The van der Waals surface area contributed by atoms with Crippen LogP contribution in [0.15, 0.2) is 48.5 Å². The molecule has 0 saturated carbocycles. The molecule has 2 amide bonds. The number of hydrogen-bond acceptors (Lipinski definition) is 4. The quantitative estimate of drug-likeness (QED) is 0.453. The first-order valence-corrected chi connectivity index (χ1v) is 13.4. The fraction of sp³-hybridized carbons (Fsp3) is 0.500. The SMILES string of the molecule is CC.CCOc1ccc(CCC(=O)N2CCC(CC(=O)NC(Cc3ccc(C)cc3)C(=O)O)CC2)cc1. The molecule has 202 valence electrons. The molecular formula is C30H42N2O5. The van der Waals surface area contributed by atoms with E-state index in [2.05, 4.69) is 5.32 Å². The third kappa shape index (κ3) is 10.3. The molecule has 1 fully saturated rings. The summed E-state index contributed by atoms with van der Waals surface area (Å²) in [5.41, 5.74) is 3.08. The number of carbonyl (C=O) groups is 3. The molecule has 0 bridgehead atoms. The highest BCUT2D eigenvalue weighted by atomic mass is 16.5. The van der Waals surface area contributed by atoms with Crippen LogP contribution in [-0.2, 0) is 27.2 Å². The van der Waals surface area contributed by atoms with Crippen molar-refractivity contribution in [2.24, 2.45) is 5.92 Å². The Kier molecular flexibility index (Phi) is 12.7. The summed E-state index contributed by atoms with van der Waals surface area (Å²) in [6.07, 6.45) is 3.17. The van der Waals surface area contributed by atoms with Gasteiger partial charge in [0.25, 0.3) is 0 Å². The number of rotatable bonds is 11. The van der Waals surface area contributed by atoms with Crippen molar-refractivity contribution in [1.82, 2.24) is 10.2 Å². The van der Waals surface area contributed by atoms with E-state index in [0.717, 1.165) is 35.3 Å². The van der Waals surface area contributed by atoms with Crippen molar-refractivity contribution in [3.8, 4) is 5.75 Å². The van der Waals surface area contributed by atoms with Crippen molar-refractivity contribution < 1.29 is 24.2 Å². The van der Waals surface area contributed by atoms with Gasteiger partial charge < -0.3 is 20.1 Å². The summed E-state index contributed by atoms with van der Waals surface area (Å²) in [5.74, 6) is -0.167. The Hall–Kier alpha value is -3.35. The maximum Gasteiger partial charge on any atom is 0.326 e. The molecule has 0 aromatic heterocycles. The van der Waals surface area contributed by atoms with Gasteiger partial charge in [-0.3, -0.25) is 9.59 Å². The predicted molar refractivity (Wildman–Crippen MR) is 146 cm³/mol. The lowest BCUT2D eigenvalue weighted by molar-refractivity contribution is -0.142. The Balaban J connectivity index is 0.00000235. The van der Waals surface area contributed by atoms with E-state index in [-0.39, 0.29) is 30.6 Å². The molecule has 0 spiro atoms. The van der Waals surface area contributed by atoms with Gasteiger partial charge in [-0.1, -0.05) is 55.8 Å². The molecule has 2 aromatic carbocycles. The second-order valence-corrected chi connectivity index (χ2v) is 9.25. The minimum atomic E-state index is -1.04. The number of aliphatic carboxylic acids is 1. The number of carbonyl (C=O) groups excluding carboxylic acids is 2. The van der Waals surface area contributed by atoms with E-state index >= 15 is 0 Å². The lowest BCUT2D eigenvalue weighted by Gasteiger charge is -2.32. The lowest BCUT2D eigenvalue weighted by Crippen LogP contribution is -2.44. The number of hydrogen-bond donors (Lipinski definition) is 2. The third-order valence-electron chi connectivity index (χ3n) is 6.50. The molecule has 7 heteroatoms. The van der Waals surface area contributed by atoms with Crippen LogP contribution >= 0.6 is 0 Å². The van der Waals surface area contributed by atoms with E-state index in [0.29, 0.717) is 32.5 Å². The van der Waals surface area contributed by atoms with Crippen LogP contribution in [-0.4, -0.2) is 53.5 Å². The topological polar surface area (TPSA) is 95.9 Å². The number of benzene rings is 2. The number of carboxylic acid groups (broad SMARTS) is 1. The van der Waals surface area contributed by atoms with Gasteiger partial charge in [-0.15, -0.1) is 0 Å². The van der Waals surface area contributed by atoms with Crippen LogP contribution in [0.25, 0.3) is 0 Å². The highest BCUT2D eigenvalue weighted by Gasteiger charge is 2.26. The number of ether oxygens (including phenoxy) is 1. The minimum absolute atomic E-state index is 0.130. The number of likely N-dealkylation sites (tertiary alicyclic amines) is 1. The molecule has 1 atom stereocenters. The smallest absolute Gasteiger partial charge is 0.326 e. The number of amides is 2. The average Bonchev–Trinajstić information content (AvgIpc) is 2.90. The molecule has 2 N–H and O–H groups in total. The Labute approximate surface area is 221 Å². The third-order valence-corrected chi connectivity index (χ3v) is 6.50. The van der Waals surface area contributed by atoms with Gasteiger partial charge in [-0.25, -0.2) is 4.79 Å². The first-order valence-electron chi connectivity index (χ1n) is 13.4. The van der Waals surface area contributed by atoms with Gasteiger partial charge in [0.15, 0.2) is 0 Å². The lowest BCUT2D eigenvalue weighted by atomic mass is 9.92. The van der Waals surface area contributed by atoms with Crippen LogP contribution in [0.4, 0.5) is 0 Å². The summed E-state index contributed by atoms with van der Waals surface area (Å²) < 4.78 is 5.45. The van der Waals surface area contributed by atoms with Crippen molar-refractivity contribution in [2.75, 3.05) is 19.7 Å². The standard InChI is InChI=1S/C28H36N2O5.C2H6/c1-3-35-24-11-8-21(9-12-24)10-13-27(32)30-16-14-23(15-17-30)19-26(31)29-25(28(33)34)18-22-6-4-20(2)5-7-22;1-2/h4-9,11-12,23,25H,3,10,13-19H2,1-2H3,(H,29,31)(H,33,34);1-2H3. The van der Waals surface area contributed by atoms with Crippen molar-refractivity contribution in [2.45, 2.75) is 72.3 Å². The van der Waals surface area contributed by atoms with Gasteiger partial charge in [0.2, 0.25) is 11.8 Å². The maximum absolute atomic E-state index is 12.6. The predicted octanol–water partition coefficient (Wildman–Crippen LogP) is 4.79. The zero-order valence-corrected chi connectivity index (χ0v) is 22.7. The second kappa shape index (κ2) is 15.7. The molecule has 3 rings (SSSR count). The first-order chi connectivity index (χ1) is 17.8. The maximum atomic E-state index is 12.6. The molecule has 1 saturated heterocycles. The Bertz CT molecular complexity index is 980. The van der Waals surface area contributed by atoms with E-state index in [1.165, 1.54) is 0 Å². The normalized spacial score (nSPS) is 14.2. The molecule has 2 aromatic rings. The van der Waals surface area contributed by atoms with Crippen molar-refractivity contribution in [3.05, 3.63) is 65.2 Å². The van der Waals surface area contributed by atoms with Crippen LogP contribution in [0.1, 0.15) is 63.1 Å². The van der Waals surface area contributed by atoms with E-state index in [1.54, 1.807) is 0 Å². The van der Waals surface area contributed by atoms with E-state index in [9.17, 15) is 19.5 Å². The van der Waals surface area contributed by atoms with Gasteiger partial charge in [-0.2, -0.15) is 0 Å². The van der Waals surface area contributed by atoms with Gasteiger partial charge in [-0.05, 0) is 62.3 Å². The van der Waals surface area contributed by atoms with E-state index < -0.39 is 12.0 Å². The monoisotopic (exact) mass is 510 g/mol. The Morgan fingerprint density at radius 2 is 1.59 bits per heavy atom. The largest absolute Gasteiger partial charge is 0.494 e. The summed E-state index contributed by atoms with van der Waals surface area (Å²) >= 11 is 0. The summed E-state index contributed by atoms with van der Waals surface area (Å²) in [6, 6.07) is 14.5. The zero-order chi connectivity index (χ0) is 27.2. The average molecular weight is 511 g/mol. The van der Waals surface area contributed by atoms with Crippen molar-refractivity contribution in [3.63, 3.8) is 0 Å². The molecule has 37 heavy (non-hydrogen) atoms. The number of nitrogens with zero attached hydrogens (tertiary/aromatic N) is 1. The summed E-state index contributed by atoms with van der Waals surface area (Å²) in [7, 11) is 0. The number of nitrogens with one attached hydrogen (secondary N) is 1. The number of carboxylic acids is 1. The van der Waals surface area contributed by atoms with Crippen LogP contribution in [0.3, 0.4) is 0 Å². The Morgan fingerprint density at radius 3 is 2.16 bits per heavy atom. The summed E-state index contributed by atoms with van der Waals surface area (Å²) in [6.45, 7) is 9.81. The van der Waals surface area contributed by atoms with Crippen LogP contribution in [0, 0.1) is 12.8 Å². The molecule has 1 heterocycles. The summed E-state index contributed by atoms with van der Waals surface area (Å²) in [4.78, 5) is 38.7. The molecule has 7 nitrogen and oxygen atoms in total. The van der Waals surface area contributed by atoms with Gasteiger partial charge in [0, 0.05) is 32.4 Å². The number of piperidine rings is 1. The molecule has 0 radical (unpaired) electrons. The van der Waals surface area contributed by atoms with Crippen molar-refractivity contribution >= 4 is 17.8 Å². The fourth-order valence-electron chi connectivity index (χ4n) is 4.39. The van der Waals surface area contributed by atoms with Crippen LogP contribution in [0.5, 0.6) is 5.75 Å². The Morgan fingerprint density at radius 1 is 1.00 bits per heavy atom. The van der Waals surface area contributed by atoms with Gasteiger partial charge in [0.05, 0.1) is 6.61 Å².